The Balaban J connectivity index is 1.91. The van der Waals surface area contributed by atoms with Crippen LogP contribution in [0.3, 0.4) is 0 Å². The Hall–Kier alpha value is -0.120. The van der Waals surface area contributed by atoms with E-state index < -0.39 is 0 Å². The minimum atomic E-state index is 0.806. The van der Waals surface area contributed by atoms with Crippen molar-refractivity contribution in [1.29, 1.82) is 0 Å². The smallest absolute Gasteiger partial charge is 0.0491 e. The van der Waals surface area contributed by atoms with Gasteiger partial charge in [0.05, 0.1) is 0 Å². The normalized spacial score (nSPS) is 18.7. The zero-order valence-corrected chi connectivity index (χ0v) is 11.5. The van der Waals surface area contributed by atoms with Gasteiger partial charge in [0.15, 0.2) is 0 Å². The van der Waals surface area contributed by atoms with Gasteiger partial charge in [-0.25, -0.2) is 0 Å². The summed E-state index contributed by atoms with van der Waals surface area (Å²) in [6, 6.07) is 0. The van der Waals surface area contributed by atoms with Gasteiger partial charge >= 0.3 is 0 Å². The highest BCUT2D eigenvalue weighted by Gasteiger charge is 2.18. The van der Waals surface area contributed by atoms with Crippen LogP contribution in [0.15, 0.2) is 0 Å². The highest BCUT2D eigenvalue weighted by atomic mass is 16.5. The zero-order valence-electron chi connectivity index (χ0n) is 11.5. The number of methoxy groups -OCH3 is 1. The maximum Gasteiger partial charge on any atom is 0.0491 e. The summed E-state index contributed by atoms with van der Waals surface area (Å²) in [4.78, 5) is 2.62. The average Bonchev–Trinajstić information content (AvgIpc) is 2.36. The second kappa shape index (κ2) is 9.86. The molecule has 1 aliphatic heterocycles. The van der Waals surface area contributed by atoms with Crippen LogP contribution in [0.2, 0.25) is 0 Å². The number of likely N-dealkylation sites (tertiary alicyclic amines) is 1. The van der Waals surface area contributed by atoms with E-state index in [2.05, 4.69) is 4.90 Å². The third-order valence-corrected chi connectivity index (χ3v) is 3.79. The first-order valence-corrected chi connectivity index (χ1v) is 7.28. The van der Waals surface area contributed by atoms with E-state index in [0.717, 1.165) is 19.1 Å². The Morgan fingerprint density at radius 2 is 1.71 bits per heavy atom. The van der Waals surface area contributed by atoms with E-state index in [0.29, 0.717) is 0 Å². The molecule has 1 heterocycles. The lowest BCUT2D eigenvalue weighted by Gasteiger charge is -2.31. The van der Waals surface area contributed by atoms with Gasteiger partial charge in [0.1, 0.15) is 0 Å². The molecule has 0 atom stereocenters. The molecule has 102 valence electrons. The van der Waals surface area contributed by atoms with Crippen LogP contribution < -0.4 is 5.73 Å². The SMILES string of the molecule is COCC1CCN(CCCCCCCN)CC1. The molecule has 0 radical (unpaired) electrons. The van der Waals surface area contributed by atoms with E-state index in [1.165, 1.54) is 64.6 Å². The van der Waals surface area contributed by atoms with Gasteiger partial charge in [-0.1, -0.05) is 19.3 Å². The first-order chi connectivity index (χ1) is 8.36. The van der Waals surface area contributed by atoms with Crippen molar-refractivity contribution in [2.75, 3.05) is 39.9 Å². The largest absolute Gasteiger partial charge is 0.384 e. The third-order valence-electron chi connectivity index (χ3n) is 3.79. The molecule has 0 bridgehead atoms. The molecule has 0 aliphatic carbocycles. The fraction of sp³-hybridized carbons (Fsp3) is 1.00. The molecular formula is C14H30N2O. The monoisotopic (exact) mass is 242 g/mol. The summed E-state index contributed by atoms with van der Waals surface area (Å²) in [5, 5.41) is 0. The van der Waals surface area contributed by atoms with Crippen molar-refractivity contribution in [3.05, 3.63) is 0 Å². The molecule has 1 rings (SSSR count). The van der Waals surface area contributed by atoms with Crippen molar-refractivity contribution < 1.29 is 4.74 Å². The lowest BCUT2D eigenvalue weighted by atomic mass is 9.97. The third kappa shape index (κ3) is 7.02. The molecule has 3 nitrogen and oxygen atoms in total. The van der Waals surface area contributed by atoms with Gasteiger partial charge in [-0.15, -0.1) is 0 Å². The number of unbranched alkanes of at least 4 members (excludes halogenated alkanes) is 4. The molecule has 1 fully saturated rings. The maximum atomic E-state index is 5.48. The summed E-state index contributed by atoms with van der Waals surface area (Å²) in [6.45, 7) is 5.65. The lowest BCUT2D eigenvalue weighted by molar-refractivity contribution is 0.0988. The van der Waals surface area contributed by atoms with Crippen molar-refractivity contribution in [3.63, 3.8) is 0 Å². The van der Waals surface area contributed by atoms with Crippen LogP contribution >= 0.6 is 0 Å². The molecule has 0 unspecified atom stereocenters. The minimum Gasteiger partial charge on any atom is -0.384 e. The molecular weight excluding hydrogens is 212 g/mol. The molecule has 17 heavy (non-hydrogen) atoms. The topological polar surface area (TPSA) is 38.5 Å². The van der Waals surface area contributed by atoms with Gasteiger partial charge in [0.25, 0.3) is 0 Å². The molecule has 1 aliphatic rings. The predicted molar refractivity (Wildman–Crippen MR) is 73.2 cm³/mol. The molecule has 0 saturated carbocycles. The second-order valence-corrected chi connectivity index (χ2v) is 5.30. The van der Waals surface area contributed by atoms with Crippen molar-refractivity contribution in [1.82, 2.24) is 4.90 Å². The number of hydrogen-bond acceptors (Lipinski definition) is 3. The first kappa shape index (κ1) is 14.9. The van der Waals surface area contributed by atoms with Crippen molar-refractivity contribution in [2.24, 2.45) is 11.7 Å². The molecule has 0 aromatic carbocycles. The predicted octanol–water partition coefficient (Wildman–Crippen LogP) is 2.25. The fourth-order valence-corrected chi connectivity index (χ4v) is 2.62. The number of ether oxygens (including phenoxy) is 1. The second-order valence-electron chi connectivity index (χ2n) is 5.30. The molecule has 0 spiro atoms. The van der Waals surface area contributed by atoms with E-state index in [-0.39, 0.29) is 0 Å². The summed E-state index contributed by atoms with van der Waals surface area (Å²) < 4.78 is 5.22. The summed E-state index contributed by atoms with van der Waals surface area (Å²) in [7, 11) is 1.81. The summed E-state index contributed by atoms with van der Waals surface area (Å²) >= 11 is 0. The fourth-order valence-electron chi connectivity index (χ4n) is 2.62. The minimum absolute atomic E-state index is 0.806. The Morgan fingerprint density at radius 1 is 1.06 bits per heavy atom. The van der Waals surface area contributed by atoms with Crippen LogP contribution in [0.4, 0.5) is 0 Å². The Bertz CT molecular complexity index is 168. The quantitative estimate of drug-likeness (QED) is 0.630. The molecule has 0 amide bonds. The molecule has 1 saturated heterocycles. The summed E-state index contributed by atoms with van der Waals surface area (Å²) in [6.07, 6.45) is 9.24. The Morgan fingerprint density at radius 3 is 2.35 bits per heavy atom. The highest BCUT2D eigenvalue weighted by molar-refractivity contribution is 4.71. The molecule has 0 aromatic heterocycles. The number of hydrogen-bond donors (Lipinski definition) is 1. The van der Waals surface area contributed by atoms with E-state index >= 15 is 0 Å². The van der Waals surface area contributed by atoms with Crippen LogP contribution in [0.25, 0.3) is 0 Å². The van der Waals surface area contributed by atoms with Crippen LogP contribution in [0, 0.1) is 5.92 Å². The van der Waals surface area contributed by atoms with Crippen LogP contribution in [0.1, 0.15) is 44.9 Å². The maximum absolute atomic E-state index is 5.48. The summed E-state index contributed by atoms with van der Waals surface area (Å²) in [5.41, 5.74) is 5.48. The van der Waals surface area contributed by atoms with Gasteiger partial charge in [-0.3, -0.25) is 0 Å². The molecule has 2 N–H and O–H groups in total. The molecule has 0 aromatic rings. The number of nitrogens with zero attached hydrogens (tertiary/aromatic N) is 1. The van der Waals surface area contributed by atoms with Gasteiger partial charge in [0, 0.05) is 13.7 Å². The van der Waals surface area contributed by atoms with Crippen LogP contribution in [-0.2, 0) is 4.74 Å². The zero-order chi connectivity index (χ0) is 12.3. The van der Waals surface area contributed by atoms with Gasteiger partial charge in [-0.05, 0) is 57.8 Å². The Labute approximate surface area is 107 Å². The number of rotatable bonds is 9. The van der Waals surface area contributed by atoms with Crippen LogP contribution in [-0.4, -0.2) is 44.8 Å². The van der Waals surface area contributed by atoms with Crippen molar-refractivity contribution in [3.8, 4) is 0 Å². The van der Waals surface area contributed by atoms with Gasteiger partial charge in [-0.2, -0.15) is 0 Å². The van der Waals surface area contributed by atoms with Gasteiger partial charge < -0.3 is 15.4 Å². The highest BCUT2D eigenvalue weighted by Crippen LogP contribution is 2.17. The standard InChI is InChI=1S/C14H30N2O/c1-17-13-14-7-11-16(12-8-14)10-6-4-2-3-5-9-15/h14H,2-13,15H2,1H3. The van der Waals surface area contributed by atoms with E-state index in [9.17, 15) is 0 Å². The molecule has 3 heteroatoms. The van der Waals surface area contributed by atoms with Gasteiger partial charge in [0.2, 0.25) is 0 Å². The number of nitrogens with two attached hydrogens (primary N) is 1. The van der Waals surface area contributed by atoms with Crippen molar-refractivity contribution >= 4 is 0 Å². The van der Waals surface area contributed by atoms with E-state index in [4.69, 9.17) is 10.5 Å². The van der Waals surface area contributed by atoms with E-state index in [1.807, 2.05) is 7.11 Å². The van der Waals surface area contributed by atoms with E-state index in [1.54, 1.807) is 0 Å². The lowest BCUT2D eigenvalue weighted by Crippen LogP contribution is -2.35. The van der Waals surface area contributed by atoms with Crippen LogP contribution in [0.5, 0.6) is 0 Å². The first-order valence-electron chi connectivity index (χ1n) is 7.28. The number of piperidine rings is 1. The summed E-state index contributed by atoms with van der Waals surface area (Å²) in [5.74, 6) is 0.806. The Kier molecular flexibility index (Phi) is 8.67. The average molecular weight is 242 g/mol. The van der Waals surface area contributed by atoms with Crippen molar-refractivity contribution in [2.45, 2.75) is 44.9 Å².